The third-order valence-electron chi connectivity index (χ3n) is 5.54. The first kappa shape index (κ1) is 28.3. The van der Waals surface area contributed by atoms with Crippen molar-refractivity contribution in [2.45, 2.75) is 115 Å². The van der Waals surface area contributed by atoms with Crippen LogP contribution in [-0.2, 0) is 23.9 Å². The van der Waals surface area contributed by atoms with E-state index in [1.165, 1.54) is 19.3 Å². The number of aliphatic hydroxyl groups is 3. The Bertz CT molecular complexity index is 589. The molecule has 3 N–H and O–H groups in total. The molecule has 1 unspecified atom stereocenters. The van der Waals surface area contributed by atoms with Crippen LogP contribution in [-0.4, -0.2) is 64.1 Å². The summed E-state index contributed by atoms with van der Waals surface area (Å²) >= 11 is 0. The van der Waals surface area contributed by atoms with Gasteiger partial charge >= 0.3 is 11.9 Å². The highest BCUT2D eigenvalue weighted by molar-refractivity contribution is 6.37. The SMILES string of the molecule is CCCCCC[C@@H](O)CC=CCCCCCCCC(=O)OC1C(=O)C(=O)O[C@@H]1[C@@H](O)CO. The van der Waals surface area contributed by atoms with Gasteiger partial charge in [-0.2, -0.15) is 0 Å². The molecular formula is C24H40O8. The maximum atomic E-state index is 12.0. The summed E-state index contributed by atoms with van der Waals surface area (Å²) in [4.78, 5) is 35.0. The maximum Gasteiger partial charge on any atom is 0.379 e. The molecule has 8 heteroatoms. The van der Waals surface area contributed by atoms with Gasteiger partial charge in [-0.3, -0.25) is 9.59 Å². The zero-order valence-electron chi connectivity index (χ0n) is 19.2. The summed E-state index contributed by atoms with van der Waals surface area (Å²) in [5, 5.41) is 28.5. The highest BCUT2D eigenvalue weighted by Crippen LogP contribution is 2.20. The molecule has 1 fully saturated rings. The van der Waals surface area contributed by atoms with Gasteiger partial charge in [0.1, 0.15) is 6.10 Å². The van der Waals surface area contributed by atoms with Gasteiger partial charge in [0.05, 0.1) is 12.7 Å². The minimum absolute atomic E-state index is 0.107. The van der Waals surface area contributed by atoms with E-state index < -0.39 is 42.6 Å². The number of ether oxygens (including phenoxy) is 2. The van der Waals surface area contributed by atoms with Crippen molar-refractivity contribution >= 4 is 17.7 Å². The summed E-state index contributed by atoms with van der Waals surface area (Å²) in [5.74, 6) is -2.82. The molecule has 0 aromatic rings. The van der Waals surface area contributed by atoms with Crippen molar-refractivity contribution in [3.63, 3.8) is 0 Å². The molecule has 0 aromatic heterocycles. The van der Waals surface area contributed by atoms with E-state index in [0.29, 0.717) is 12.8 Å². The van der Waals surface area contributed by atoms with Crippen molar-refractivity contribution in [1.82, 2.24) is 0 Å². The fourth-order valence-electron chi connectivity index (χ4n) is 3.57. The van der Waals surface area contributed by atoms with E-state index in [1.54, 1.807) is 0 Å². The van der Waals surface area contributed by atoms with Crippen LogP contribution in [0.4, 0.5) is 0 Å². The molecule has 4 atom stereocenters. The van der Waals surface area contributed by atoms with Crippen molar-refractivity contribution in [3.8, 4) is 0 Å². The lowest BCUT2D eigenvalue weighted by atomic mass is 10.1. The second-order valence-corrected chi connectivity index (χ2v) is 8.41. The zero-order valence-corrected chi connectivity index (χ0v) is 19.2. The minimum Gasteiger partial charge on any atom is -0.450 e. The Labute approximate surface area is 191 Å². The van der Waals surface area contributed by atoms with Crippen molar-refractivity contribution in [2.75, 3.05) is 6.61 Å². The van der Waals surface area contributed by atoms with Crippen molar-refractivity contribution in [3.05, 3.63) is 12.2 Å². The Hall–Kier alpha value is -1.77. The molecule has 1 rings (SSSR count). The molecule has 0 saturated carbocycles. The normalized spacial score (nSPS) is 20.5. The molecule has 0 bridgehead atoms. The Morgan fingerprint density at radius 1 is 1.03 bits per heavy atom. The Morgan fingerprint density at radius 2 is 1.72 bits per heavy atom. The molecule has 0 spiro atoms. The van der Waals surface area contributed by atoms with Crippen LogP contribution in [0.1, 0.15) is 90.4 Å². The standard InChI is InChI=1S/C24H40O8/c1-2-3-4-11-14-18(26)15-12-9-7-5-6-8-10-13-16-20(28)31-23-21(29)24(30)32-22(23)19(27)17-25/h9,12,18-19,22-23,25-27H,2-8,10-11,13-17H2,1H3/t18-,19+,22-,23?/m1/s1. The first-order chi connectivity index (χ1) is 15.4. The number of cyclic esters (lactones) is 1. The first-order valence-electron chi connectivity index (χ1n) is 12.0. The Balaban J connectivity index is 2.06. The number of hydrogen-bond acceptors (Lipinski definition) is 8. The van der Waals surface area contributed by atoms with Gasteiger partial charge in [0, 0.05) is 6.42 Å². The molecule has 1 heterocycles. The number of aliphatic hydroxyl groups excluding tert-OH is 3. The molecule has 32 heavy (non-hydrogen) atoms. The summed E-state index contributed by atoms with van der Waals surface area (Å²) in [5.41, 5.74) is 0. The van der Waals surface area contributed by atoms with Gasteiger partial charge in [-0.15, -0.1) is 0 Å². The fraction of sp³-hybridized carbons (Fsp3) is 0.792. The van der Waals surface area contributed by atoms with E-state index in [9.17, 15) is 24.6 Å². The average molecular weight is 457 g/mol. The smallest absolute Gasteiger partial charge is 0.379 e. The molecule has 1 aliphatic rings. The number of unbranched alkanes of at least 4 members (excludes halogenated alkanes) is 8. The van der Waals surface area contributed by atoms with E-state index in [2.05, 4.69) is 23.8 Å². The van der Waals surface area contributed by atoms with Gasteiger partial charge in [-0.05, 0) is 32.1 Å². The first-order valence-corrected chi connectivity index (χ1v) is 12.0. The maximum absolute atomic E-state index is 12.0. The topological polar surface area (TPSA) is 130 Å². The minimum atomic E-state index is -1.50. The van der Waals surface area contributed by atoms with Crippen LogP contribution in [0.2, 0.25) is 0 Å². The second-order valence-electron chi connectivity index (χ2n) is 8.41. The lowest BCUT2D eigenvalue weighted by Crippen LogP contribution is -2.41. The molecule has 0 aliphatic carbocycles. The van der Waals surface area contributed by atoms with Crippen molar-refractivity contribution in [1.29, 1.82) is 0 Å². The molecule has 0 radical (unpaired) electrons. The fourth-order valence-corrected chi connectivity index (χ4v) is 3.57. The van der Waals surface area contributed by atoms with Crippen LogP contribution in [0.3, 0.4) is 0 Å². The lowest BCUT2D eigenvalue weighted by Gasteiger charge is -2.20. The van der Waals surface area contributed by atoms with E-state index in [1.807, 2.05) is 0 Å². The Kier molecular flexibility index (Phi) is 14.8. The number of rotatable bonds is 18. The van der Waals surface area contributed by atoms with E-state index in [4.69, 9.17) is 9.84 Å². The Morgan fingerprint density at radius 3 is 2.44 bits per heavy atom. The van der Waals surface area contributed by atoms with Crippen molar-refractivity contribution in [2.24, 2.45) is 0 Å². The van der Waals surface area contributed by atoms with E-state index in [-0.39, 0.29) is 12.5 Å². The summed E-state index contributed by atoms with van der Waals surface area (Å²) in [7, 11) is 0. The van der Waals surface area contributed by atoms with Crippen LogP contribution in [0.5, 0.6) is 0 Å². The summed E-state index contributed by atoms with van der Waals surface area (Å²) in [6.07, 6.45) is 11.4. The molecule has 0 aromatic carbocycles. The highest BCUT2D eigenvalue weighted by Gasteiger charge is 2.49. The summed E-state index contributed by atoms with van der Waals surface area (Å²) in [6.45, 7) is 1.46. The van der Waals surface area contributed by atoms with Gasteiger partial charge in [0.2, 0.25) is 6.10 Å². The average Bonchev–Trinajstić information content (AvgIpc) is 3.05. The molecule has 8 nitrogen and oxygen atoms in total. The second kappa shape index (κ2) is 16.8. The number of allylic oxidation sites excluding steroid dienone is 1. The number of ketones is 1. The summed E-state index contributed by atoms with van der Waals surface area (Å²) in [6, 6.07) is 0. The molecule has 1 saturated heterocycles. The quantitative estimate of drug-likeness (QED) is 0.124. The third-order valence-corrected chi connectivity index (χ3v) is 5.54. The summed E-state index contributed by atoms with van der Waals surface area (Å²) < 4.78 is 9.70. The zero-order chi connectivity index (χ0) is 23.8. The predicted octanol–water partition coefficient (Wildman–Crippen LogP) is 2.75. The molecule has 184 valence electrons. The number of hydrogen-bond donors (Lipinski definition) is 3. The van der Waals surface area contributed by atoms with E-state index in [0.717, 1.165) is 44.9 Å². The third kappa shape index (κ3) is 11.2. The van der Waals surface area contributed by atoms with E-state index >= 15 is 0 Å². The number of esters is 2. The van der Waals surface area contributed by atoms with Crippen molar-refractivity contribution < 1.29 is 39.2 Å². The van der Waals surface area contributed by atoms with Crippen LogP contribution in [0.15, 0.2) is 12.2 Å². The van der Waals surface area contributed by atoms with Crippen LogP contribution in [0.25, 0.3) is 0 Å². The van der Waals surface area contributed by atoms with Crippen LogP contribution >= 0.6 is 0 Å². The number of carbonyl (C=O) groups is 3. The predicted molar refractivity (Wildman–Crippen MR) is 119 cm³/mol. The molecule has 1 aliphatic heterocycles. The van der Waals surface area contributed by atoms with Gasteiger partial charge in [0.15, 0.2) is 6.10 Å². The monoisotopic (exact) mass is 456 g/mol. The largest absolute Gasteiger partial charge is 0.450 e. The van der Waals surface area contributed by atoms with Gasteiger partial charge in [0.25, 0.3) is 5.78 Å². The lowest BCUT2D eigenvalue weighted by molar-refractivity contribution is -0.160. The van der Waals surface area contributed by atoms with Gasteiger partial charge < -0.3 is 24.8 Å². The molecular weight excluding hydrogens is 416 g/mol. The van der Waals surface area contributed by atoms with Crippen LogP contribution in [0, 0.1) is 0 Å². The number of carbonyl (C=O) groups excluding carboxylic acids is 3. The molecule has 0 amide bonds. The van der Waals surface area contributed by atoms with Gasteiger partial charge in [-0.1, -0.05) is 64.0 Å². The highest BCUT2D eigenvalue weighted by atomic mass is 16.6. The number of Topliss-reactive ketones (excluding diaryl/α,β-unsaturated/α-hetero) is 1. The van der Waals surface area contributed by atoms with Gasteiger partial charge in [-0.25, -0.2) is 4.79 Å². The van der Waals surface area contributed by atoms with Crippen LogP contribution < -0.4 is 0 Å².